The number of nitrogens with two attached hydrogens (primary N) is 1. The first-order valence-corrected chi connectivity index (χ1v) is 7.85. The molecular weight excluding hydrogens is 363 g/mol. The van der Waals surface area contributed by atoms with Crippen molar-refractivity contribution in [3.8, 4) is 0 Å². The Labute approximate surface area is 146 Å². The summed E-state index contributed by atoms with van der Waals surface area (Å²) in [5.74, 6) is -1.23. The molecule has 1 fully saturated rings. The predicted molar refractivity (Wildman–Crippen MR) is 88.4 cm³/mol. The maximum atomic E-state index is 12.5. The minimum Gasteiger partial charge on any atom is -0.366 e. The monoisotopic (exact) mass is 372 g/mol. The van der Waals surface area contributed by atoms with Crippen molar-refractivity contribution in [3.63, 3.8) is 0 Å². The third kappa shape index (κ3) is 3.29. The van der Waals surface area contributed by atoms with Gasteiger partial charge in [0.25, 0.3) is 11.8 Å². The molecule has 0 radical (unpaired) electrons. The van der Waals surface area contributed by atoms with Gasteiger partial charge in [0.1, 0.15) is 5.69 Å². The van der Waals surface area contributed by atoms with Crippen molar-refractivity contribution in [2.45, 2.75) is 18.9 Å². The van der Waals surface area contributed by atoms with Crippen LogP contribution in [-0.4, -0.2) is 21.6 Å². The maximum absolute atomic E-state index is 12.5. The van der Waals surface area contributed by atoms with Gasteiger partial charge in [-0.2, -0.15) is 5.10 Å². The molecule has 0 atom stereocenters. The van der Waals surface area contributed by atoms with Crippen LogP contribution >= 0.6 is 34.8 Å². The number of hydrogen-bond acceptors (Lipinski definition) is 3. The number of primary amides is 1. The number of hydrogen-bond donors (Lipinski definition) is 2. The van der Waals surface area contributed by atoms with Crippen LogP contribution in [0.2, 0.25) is 15.2 Å². The van der Waals surface area contributed by atoms with E-state index in [0.29, 0.717) is 5.69 Å². The van der Waals surface area contributed by atoms with Crippen molar-refractivity contribution < 1.29 is 9.59 Å². The van der Waals surface area contributed by atoms with Crippen molar-refractivity contribution in [2.75, 3.05) is 5.32 Å². The van der Waals surface area contributed by atoms with Crippen LogP contribution in [0, 0.1) is 0 Å². The lowest BCUT2D eigenvalue weighted by molar-refractivity contribution is 0.100. The molecule has 3 N–H and O–H groups in total. The summed E-state index contributed by atoms with van der Waals surface area (Å²) in [6, 6.07) is 4.38. The number of nitrogens with zero attached hydrogens (tertiary/aromatic N) is 2. The van der Waals surface area contributed by atoms with Crippen LogP contribution in [0.25, 0.3) is 0 Å². The van der Waals surface area contributed by atoms with Crippen molar-refractivity contribution >= 4 is 52.3 Å². The van der Waals surface area contributed by atoms with Gasteiger partial charge in [0.05, 0.1) is 22.3 Å². The number of rotatable bonds is 4. The molecule has 0 spiro atoms. The van der Waals surface area contributed by atoms with Gasteiger partial charge in [-0.3, -0.25) is 14.3 Å². The van der Waals surface area contributed by atoms with E-state index in [1.807, 2.05) is 0 Å². The van der Waals surface area contributed by atoms with E-state index >= 15 is 0 Å². The van der Waals surface area contributed by atoms with Crippen LogP contribution in [0.4, 0.5) is 5.69 Å². The molecule has 0 saturated heterocycles. The van der Waals surface area contributed by atoms with Gasteiger partial charge in [-0.25, -0.2) is 0 Å². The Morgan fingerprint density at radius 2 is 1.91 bits per heavy atom. The number of carbonyl (C=O) groups is 2. The standard InChI is InChI=1S/C14H11Cl3N4O2/c15-6-3-8(13(18)22)12(9(16)4-6)19-14(23)10-5-11(17)20-21(10)7-1-2-7/h3-5,7H,1-2H2,(H2,18,22)(H,19,23). The zero-order chi connectivity index (χ0) is 16.7. The summed E-state index contributed by atoms with van der Waals surface area (Å²) in [6.45, 7) is 0. The SMILES string of the molecule is NC(=O)c1cc(Cl)cc(Cl)c1NC(=O)c1cc(Cl)nn1C1CC1. The number of aromatic nitrogens is 2. The minimum absolute atomic E-state index is 0.0273. The fourth-order valence-electron chi connectivity index (χ4n) is 2.20. The van der Waals surface area contributed by atoms with Crippen LogP contribution in [0.5, 0.6) is 0 Å². The lowest BCUT2D eigenvalue weighted by Crippen LogP contribution is -2.21. The topological polar surface area (TPSA) is 90.0 Å². The van der Waals surface area contributed by atoms with E-state index in [4.69, 9.17) is 40.5 Å². The minimum atomic E-state index is -0.751. The second-order valence-electron chi connectivity index (χ2n) is 5.16. The van der Waals surface area contributed by atoms with Crippen molar-refractivity contribution in [3.05, 3.63) is 44.7 Å². The summed E-state index contributed by atoms with van der Waals surface area (Å²) in [4.78, 5) is 24.1. The number of nitrogens with one attached hydrogen (secondary N) is 1. The molecular formula is C14H11Cl3N4O2. The van der Waals surface area contributed by atoms with Crippen LogP contribution in [0.15, 0.2) is 18.2 Å². The van der Waals surface area contributed by atoms with E-state index < -0.39 is 11.8 Å². The Kier molecular flexibility index (Phi) is 4.23. The Bertz CT molecular complexity index is 815. The maximum Gasteiger partial charge on any atom is 0.274 e. The second kappa shape index (κ2) is 6.03. The quantitative estimate of drug-likeness (QED) is 0.859. The smallest absolute Gasteiger partial charge is 0.274 e. The summed E-state index contributed by atoms with van der Waals surface area (Å²) in [6.07, 6.45) is 1.87. The average molecular weight is 374 g/mol. The number of anilines is 1. The molecule has 1 aliphatic rings. The van der Waals surface area contributed by atoms with Gasteiger partial charge in [-0.1, -0.05) is 34.8 Å². The number of carbonyl (C=O) groups excluding carboxylic acids is 2. The molecule has 3 rings (SSSR count). The first-order valence-electron chi connectivity index (χ1n) is 6.72. The highest BCUT2D eigenvalue weighted by atomic mass is 35.5. The van der Waals surface area contributed by atoms with E-state index in [2.05, 4.69) is 10.4 Å². The van der Waals surface area contributed by atoms with Gasteiger partial charge < -0.3 is 11.1 Å². The van der Waals surface area contributed by atoms with Crippen LogP contribution in [0.1, 0.15) is 39.7 Å². The van der Waals surface area contributed by atoms with Gasteiger partial charge in [0.2, 0.25) is 0 Å². The third-order valence-electron chi connectivity index (χ3n) is 3.39. The van der Waals surface area contributed by atoms with Crippen molar-refractivity contribution in [1.82, 2.24) is 9.78 Å². The highest BCUT2D eigenvalue weighted by Gasteiger charge is 2.30. The molecule has 1 aliphatic carbocycles. The van der Waals surface area contributed by atoms with Gasteiger partial charge in [0, 0.05) is 11.1 Å². The summed E-state index contributed by atoms with van der Waals surface area (Å²) < 4.78 is 1.57. The van der Waals surface area contributed by atoms with Crippen molar-refractivity contribution in [1.29, 1.82) is 0 Å². The van der Waals surface area contributed by atoms with Crippen LogP contribution in [0.3, 0.4) is 0 Å². The molecule has 1 saturated carbocycles. The largest absolute Gasteiger partial charge is 0.366 e. The van der Waals surface area contributed by atoms with Crippen LogP contribution in [-0.2, 0) is 0 Å². The molecule has 9 heteroatoms. The van der Waals surface area contributed by atoms with Gasteiger partial charge in [0.15, 0.2) is 5.15 Å². The van der Waals surface area contributed by atoms with Gasteiger partial charge >= 0.3 is 0 Å². The Morgan fingerprint density at radius 1 is 1.22 bits per heavy atom. The first kappa shape index (κ1) is 16.1. The molecule has 1 aromatic carbocycles. The Morgan fingerprint density at radius 3 is 2.52 bits per heavy atom. The third-order valence-corrected chi connectivity index (χ3v) is 4.09. The average Bonchev–Trinajstić information content (AvgIpc) is 3.23. The molecule has 1 aromatic heterocycles. The van der Waals surface area contributed by atoms with E-state index in [1.165, 1.54) is 18.2 Å². The number of benzene rings is 1. The highest BCUT2D eigenvalue weighted by Crippen LogP contribution is 2.36. The molecule has 2 aromatic rings. The number of halogens is 3. The Hall–Kier alpha value is -1.76. The summed E-state index contributed by atoms with van der Waals surface area (Å²) in [7, 11) is 0. The molecule has 0 aliphatic heterocycles. The Balaban J connectivity index is 1.96. The van der Waals surface area contributed by atoms with E-state index in [-0.39, 0.29) is 32.5 Å². The second-order valence-corrected chi connectivity index (χ2v) is 6.39. The van der Waals surface area contributed by atoms with E-state index in [1.54, 1.807) is 4.68 Å². The van der Waals surface area contributed by atoms with E-state index in [9.17, 15) is 9.59 Å². The summed E-state index contributed by atoms with van der Waals surface area (Å²) >= 11 is 17.8. The summed E-state index contributed by atoms with van der Waals surface area (Å²) in [5, 5.41) is 7.27. The molecule has 0 unspecified atom stereocenters. The zero-order valence-electron chi connectivity index (χ0n) is 11.6. The normalized spacial score (nSPS) is 13.9. The molecule has 6 nitrogen and oxygen atoms in total. The zero-order valence-corrected chi connectivity index (χ0v) is 13.9. The lowest BCUT2D eigenvalue weighted by atomic mass is 10.1. The summed E-state index contributed by atoms with van der Waals surface area (Å²) in [5.41, 5.74) is 5.74. The van der Waals surface area contributed by atoms with E-state index in [0.717, 1.165) is 12.8 Å². The predicted octanol–water partition coefficient (Wildman–Crippen LogP) is 3.53. The molecule has 120 valence electrons. The highest BCUT2D eigenvalue weighted by molar-refractivity contribution is 6.38. The molecule has 23 heavy (non-hydrogen) atoms. The van der Waals surface area contributed by atoms with Gasteiger partial charge in [-0.05, 0) is 25.0 Å². The fourth-order valence-corrected chi connectivity index (χ4v) is 2.93. The fraction of sp³-hybridized carbons (Fsp3) is 0.214. The molecule has 1 heterocycles. The lowest BCUT2D eigenvalue weighted by Gasteiger charge is -2.12. The van der Waals surface area contributed by atoms with Crippen molar-refractivity contribution in [2.24, 2.45) is 5.73 Å². The van der Waals surface area contributed by atoms with Gasteiger partial charge in [-0.15, -0.1) is 0 Å². The molecule has 0 bridgehead atoms. The van der Waals surface area contributed by atoms with Crippen LogP contribution < -0.4 is 11.1 Å². The molecule has 2 amide bonds. The first-order chi connectivity index (χ1) is 10.9. The number of amides is 2.